The number of aromatic nitrogens is 2. The molecule has 88 valence electrons. The average molecular weight is 244 g/mol. The Morgan fingerprint density at radius 3 is 2.81 bits per heavy atom. The molecule has 0 atom stereocenters. The first kappa shape index (κ1) is 11.4. The highest BCUT2D eigenvalue weighted by atomic mass is 35.5. The normalized spacial score (nSPS) is 19.6. The second kappa shape index (κ2) is 4.43. The summed E-state index contributed by atoms with van der Waals surface area (Å²) in [6.45, 7) is 1.62. The maximum atomic E-state index is 11.0. The summed E-state index contributed by atoms with van der Waals surface area (Å²) in [5, 5.41) is 16.9. The van der Waals surface area contributed by atoms with Crippen LogP contribution in [-0.2, 0) is 10.3 Å². The van der Waals surface area contributed by atoms with E-state index in [2.05, 4.69) is 10.4 Å². The maximum Gasteiger partial charge on any atom is 0.305 e. The Bertz CT molecular complexity index is 385. The Balaban J connectivity index is 2.29. The molecule has 1 aromatic heterocycles. The third kappa shape index (κ3) is 2.20. The van der Waals surface area contributed by atoms with E-state index in [9.17, 15) is 4.79 Å². The van der Waals surface area contributed by atoms with Gasteiger partial charge in [0.25, 0.3) is 0 Å². The van der Waals surface area contributed by atoms with Gasteiger partial charge in [0.1, 0.15) is 0 Å². The highest BCUT2D eigenvalue weighted by Gasteiger charge is 2.36. The van der Waals surface area contributed by atoms with Gasteiger partial charge in [-0.05, 0) is 25.9 Å². The summed E-state index contributed by atoms with van der Waals surface area (Å²) in [6.07, 6.45) is 4.87. The zero-order valence-corrected chi connectivity index (χ0v) is 9.57. The number of nitrogens with one attached hydrogen (secondary N) is 1. The van der Waals surface area contributed by atoms with Gasteiger partial charge in [0.2, 0.25) is 0 Å². The van der Waals surface area contributed by atoms with Gasteiger partial charge in [0.15, 0.2) is 0 Å². The second-order valence-electron chi connectivity index (χ2n) is 4.15. The van der Waals surface area contributed by atoms with Crippen LogP contribution in [0.4, 0.5) is 0 Å². The van der Waals surface area contributed by atoms with Crippen molar-refractivity contribution in [3.8, 4) is 0 Å². The Morgan fingerprint density at radius 2 is 2.31 bits per heavy atom. The Labute approximate surface area is 98.4 Å². The summed E-state index contributed by atoms with van der Waals surface area (Å²) in [4.78, 5) is 11.0. The van der Waals surface area contributed by atoms with Crippen molar-refractivity contribution in [1.29, 1.82) is 0 Å². The number of carboxylic acid groups (broad SMARTS) is 1. The molecule has 0 aliphatic carbocycles. The van der Waals surface area contributed by atoms with Crippen LogP contribution in [0.2, 0.25) is 5.02 Å². The molecule has 0 aromatic carbocycles. The lowest BCUT2D eigenvalue weighted by atomic mass is 9.85. The lowest BCUT2D eigenvalue weighted by Crippen LogP contribution is -2.45. The van der Waals surface area contributed by atoms with Crippen molar-refractivity contribution < 1.29 is 9.90 Å². The number of halogens is 1. The van der Waals surface area contributed by atoms with E-state index in [1.165, 1.54) is 0 Å². The molecular weight excluding hydrogens is 230 g/mol. The van der Waals surface area contributed by atoms with Gasteiger partial charge in [-0.15, -0.1) is 0 Å². The molecule has 0 unspecified atom stereocenters. The fourth-order valence-corrected chi connectivity index (χ4v) is 2.36. The fraction of sp³-hybridized carbons (Fsp3) is 0.600. The van der Waals surface area contributed by atoms with Gasteiger partial charge < -0.3 is 10.4 Å². The van der Waals surface area contributed by atoms with E-state index in [1.54, 1.807) is 17.1 Å². The van der Waals surface area contributed by atoms with E-state index in [-0.39, 0.29) is 6.42 Å². The van der Waals surface area contributed by atoms with Crippen LogP contribution in [0.1, 0.15) is 19.3 Å². The minimum absolute atomic E-state index is 0.0900. The molecule has 16 heavy (non-hydrogen) atoms. The number of aliphatic carboxylic acids is 1. The molecule has 2 N–H and O–H groups in total. The van der Waals surface area contributed by atoms with Gasteiger partial charge in [-0.2, -0.15) is 5.10 Å². The standard InChI is InChI=1S/C10H14ClN3O2/c11-8-6-13-14(7-8)10(5-9(15)16)1-3-12-4-2-10/h6-7,12H,1-5H2,(H,15,16). The molecule has 0 saturated carbocycles. The number of hydrogen-bond acceptors (Lipinski definition) is 3. The number of piperidine rings is 1. The molecule has 1 fully saturated rings. The smallest absolute Gasteiger partial charge is 0.305 e. The van der Waals surface area contributed by atoms with Crippen LogP contribution in [0.5, 0.6) is 0 Å². The maximum absolute atomic E-state index is 11.0. The third-order valence-corrected chi connectivity index (χ3v) is 3.25. The zero-order valence-electron chi connectivity index (χ0n) is 8.82. The fourth-order valence-electron chi connectivity index (χ4n) is 2.22. The lowest BCUT2D eigenvalue weighted by molar-refractivity contribution is -0.140. The van der Waals surface area contributed by atoms with Gasteiger partial charge in [-0.3, -0.25) is 9.48 Å². The highest BCUT2D eigenvalue weighted by molar-refractivity contribution is 6.30. The molecule has 1 aromatic rings. The first-order valence-corrected chi connectivity index (χ1v) is 5.63. The van der Waals surface area contributed by atoms with Crippen LogP contribution in [0.25, 0.3) is 0 Å². The molecule has 2 heterocycles. The molecule has 0 bridgehead atoms. The highest BCUT2D eigenvalue weighted by Crippen LogP contribution is 2.31. The number of nitrogens with zero attached hydrogens (tertiary/aromatic N) is 2. The molecule has 1 aliphatic heterocycles. The van der Waals surface area contributed by atoms with Gasteiger partial charge >= 0.3 is 5.97 Å². The van der Waals surface area contributed by atoms with E-state index in [0.29, 0.717) is 5.02 Å². The quantitative estimate of drug-likeness (QED) is 0.834. The van der Waals surface area contributed by atoms with Crippen LogP contribution < -0.4 is 5.32 Å². The molecule has 5 nitrogen and oxygen atoms in total. The van der Waals surface area contributed by atoms with Gasteiger partial charge in [0, 0.05) is 6.20 Å². The van der Waals surface area contributed by atoms with Crippen molar-refractivity contribution in [2.45, 2.75) is 24.8 Å². The van der Waals surface area contributed by atoms with E-state index in [4.69, 9.17) is 16.7 Å². The molecule has 2 rings (SSSR count). The Kier molecular flexibility index (Phi) is 3.16. The molecule has 1 saturated heterocycles. The predicted molar refractivity (Wildman–Crippen MR) is 59.6 cm³/mol. The SMILES string of the molecule is O=C(O)CC1(n2cc(Cl)cn2)CCNCC1. The largest absolute Gasteiger partial charge is 0.481 e. The van der Waals surface area contributed by atoms with Gasteiger partial charge in [-0.25, -0.2) is 0 Å². The van der Waals surface area contributed by atoms with Crippen LogP contribution in [0, 0.1) is 0 Å². The van der Waals surface area contributed by atoms with E-state index < -0.39 is 11.5 Å². The first-order valence-electron chi connectivity index (χ1n) is 5.26. The monoisotopic (exact) mass is 243 g/mol. The summed E-state index contributed by atoms with van der Waals surface area (Å²) >= 11 is 5.83. The lowest BCUT2D eigenvalue weighted by Gasteiger charge is -2.36. The minimum Gasteiger partial charge on any atom is -0.481 e. The number of hydrogen-bond donors (Lipinski definition) is 2. The molecule has 6 heteroatoms. The van der Waals surface area contributed by atoms with Crippen molar-refractivity contribution in [2.24, 2.45) is 0 Å². The topological polar surface area (TPSA) is 67.1 Å². The summed E-state index contributed by atoms with van der Waals surface area (Å²) in [5.74, 6) is -0.798. The average Bonchev–Trinajstić information content (AvgIpc) is 2.66. The number of carboxylic acids is 1. The number of carbonyl (C=O) groups is 1. The van der Waals surface area contributed by atoms with Crippen molar-refractivity contribution in [1.82, 2.24) is 15.1 Å². The van der Waals surface area contributed by atoms with E-state index in [0.717, 1.165) is 25.9 Å². The van der Waals surface area contributed by atoms with Crippen LogP contribution in [0.15, 0.2) is 12.4 Å². The first-order chi connectivity index (χ1) is 7.62. The van der Waals surface area contributed by atoms with Crippen LogP contribution in [0.3, 0.4) is 0 Å². The summed E-state index contributed by atoms with van der Waals surface area (Å²) < 4.78 is 1.71. The van der Waals surface area contributed by atoms with E-state index in [1.807, 2.05) is 0 Å². The molecule has 1 aliphatic rings. The molecular formula is C10H14ClN3O2. The van der Waals surface area contributed by atoms with Crippen molar-refractivity contribution >= 4 is 17.6 Å². The Morgan fingerprint density at radius 1 is 1.62 bits per heavy atom. The summed E-state index contributed by atoms with van der Waals surface area (Å²) in [7, 11) is 0. The summed E-state index contributed by atoms with van der Waals surface area (Å²) in [6, 6.07) is 0. The van der Waals surface area contributed by atoms with Crippen LogP contribution >= 0.6 is 11.6 Å². The van der Waals surface area contributed by atoms with Crippen LogP contribution in [-0.4, -0.2) is 33.9 Å². The van der Waals surface area contributed by atoms with E-state index >= 15 is 0 Å². The van der Waals surface area contributed by atoms with Gasteiger partial charge in [-0.1, -0.05) is 11.6 Å². The zero-order chi connectivity index (χ0) is 11.6. The molecule has 0 amide bonds. The predicted octanol–water partition coefficient (Wildman–Crippen LogP) is 1.09. The molecule has 0 radical (unpaired) electrons. The van der Waals surface area contributed by atoms with Crippen molar-refractivity contribution in [3.63, 3.8) is 0 Å². The minimum atomic E-state index is -0.798. The van der Waals surface area contributed by atoms with Gasteiger partial charge in [0.05, 0.1) is 23.2 Å². The third-order valence-electron chi connectivity index (χ3n) is 3.05. The summed E-state index contributed by atoms with van der Waals surface area (Å²) in [5.41, 5.74) is -0.426. The number of rotatable bonds is 3. The Hall–Kier alpha value is -1.07. The van der Waals surface area contributed by atoms with Crippen molar-refractivity contribution in [2.75, 3.05) is 13.1 Å². The van der Waals surface area contributed by atoms with Crippen molar-refractivity contribution in [3.05, 3.63) is 17.4 Å². The molecule has 0 spiro atoms. The second-order valence-corrected chi connectivity index (χ2v) is 4.58.